The summed E-state index contributed by atoms with van der Waals surface area (Å²) in [5, 5.41) is 9.95. The van der Waals surface area contributed by atoms with Gasteiger partial charge in [0.05, 0.1) is 19.8 Å². The van der Waals surface area contributed by atoms with E-state index in [0.29, 0.717) is 24.7 Å². The molecule has 8 nitrogen and oxygen atoms in total. The third-order valence-corrected chi connectivity index (χ3v) is 5.51. The summed E-state index contributed by atoms with van der Waals surface area (Å²) in [5.41, 5.74) is 1.77. The number of rotatable bonds is 3. The summed E-state index contributed by atoms with van der Waals surface area (Å²) in [6, 6.07) is 6.59. The van der Waals surface area contributed by atoms with Crippen LogP contribution >= 0.6 is 0 Å². The fraction of sp³-hybridized carbons (Fsp3) is 0.474. The normalized spacial score (nSPS) is 23.7. The van der Waals surface area contributed by atoms with Gasteiger partial charge in [0.25, 0.3) is 5.56 Å². The Morgan fingerprint density at radius 1 is 1.33 bits per heavy atom. The van der Waals surface area contributed by atoms with Gasteiger partial charge in [-0.05, 0) is 25.5 Å². The highest BCUT2D eigenvalue weighted by atomic mass is 16.5. The second-order valence-corrected chi connectivity index (χ2v) is 7.19. The third-order valence-electron chi connectivity index (χ3n) is 5.51. The first-order valence-corrected chi connectivity index (χ1v) is 9.03. The Morgan fingerprint density at radius 3 is 2.89 bits per heavy atom. The second kappa shape index (κ2) is 6.77. The van der Waals surface area contributed by atoms with Crippen LogP contribution in [0.4, 0.5) is 5.95 Å². The van der Waals surface area contributed by atoms with Crippen molar-refractivity contribution in [1.29, 1.82) is 0 Å². The van der Waals surface area contributed by atoms with Crippen molar-refractivity contribution in [3.63, 3.8) is 0 Å². The van der Waals surface area contributed by atoms with Crippen LogP contribution in [0.25, 0.3) is 0 Å². The van der Waals surface area contributed by atoms with Gasteiger partial charge >= 0.3 is 5.97 Å². The number of aliphatic hydroxyl groups is 1. The molecule has 0 unspecified atom stereocenters. The predicted octanol–water partition coefficient (Wildman–Crippen LogP) is 0.890. The number of hydrogen-bond acceptors (Lipinski definition) is 7. The van der Waals surface area contributed by atoms with E-state index in [1.54, 1.807) is 16.7 Å². The van der Waals surface area contributed by atoms with E-state index in [0.717, 1.165) is 12.1 Å². The van der Waals surface area contributed by atoms with Crippen LogP contribution in [0.3, 0.4) is 0 Å². The minimum absolute atomic E-state index is 0.0746. The summed E-state index contributed by atoms with van der Waals surface area (Å²) >= 11 is 0. The molecule has 0 aromatic carbocycles. The molecule has 0 spiro atoms. The molecule has 1 N–H and O–H groups in total. The highest BCUT2D eigenvalue weighted by Crippen LogP contribution is 2.41. The van der Waals surface area contributed by atoms with Crippen molar-refractivity contribution in [1.82, 2.24) is 14.5 Å². The van der Waals surface area contributed by atoms with Crippen LogP contribution in [-0.4, -0.2) is 52.4 Å². The summed E-state index contributed by atoms with van der Waals surface area (Å²) in [6.07, 6.45) is 0.904. The molecule has 4 heterocycles. The van der Waals surface area contributed by atoms with E-state index in [-0.39, 0.29) is 35.7 Å². The molecule has 2 aromatic rings. The number of fused-ring (bicyclic) bond motifs is 4. The summed E-state index contributed by atoms with van der Waals surface area (Å²) in [6.45, 7) is 2.99. The number of ether oxygens (including phenoxy) is 1. The van der Waals surface area contributed by atoms with Gasteiger partial charge in [-0.3, -0.25) is 4.79 Å². The average molecular weight is 370 g/mol. The van der Waals surface area contributed by atoms with Crippen LogP contribution in [0.15, 0.2) is 29.1 Å². The Labute approximate surface area is 156 Å². The number of carbonyl (C=O) groups excluding carboxylic acids is 1. The van der Waals surface area contributed by atoms with Crippen molar-refractivity contribution in [2.45, 2.75) is 25.3 Å². The average Bonchev–Trinajstić information content (AvgIpc) is 2.67. The summed E-state index contributed by atoms with van der Waals surface area (Å²) in [7, 11) is 1.32. The van der Waals surface area contributed by atoms with E-state index in [9.17, 15) is 14.7 Å². The zero-order chi connectivity index (χ0) is 19.1. The molecular formula is C19H22N4O4. The van der Waals surface area contributed by atoms with Crippen molar-refractivity contribution < 1.29 is 14.6 Å². The number of anilines is 1. The molecule has 2 aromatic heterocycles. The monoisotopic (exact) mass is 370 g/mol. The summed E-state index contributed by atoms with van der Waals surface area (Å²) < 4.78 is 6.53. The zero-order valence-electron chi connectivity index (χ0n) is 15.3. The Kier molecular flexibility index (Phi) is 4.43. The standard InChI is InChI=1S/C19H22N4O4/c1-11-6-14(18(26)27-2)21-19(20-11)22-8-12-7-13(9-22)16(10-24)23-15(12)4-3-5-17(23)25/h3-6,12-13,16,24H,7-10H2,1-2H3/t12-,13+,16+/m1/s1. The van der Waals surface area contributed by atoms with Gasteiger partial charge in [0.1, 0.15) is 0 Å². The molecule has 27 heavy (non-hydrogen) atoms. The molecule has 2 aliphatic heterocycles. The van der Waals surface area contributed by atoms with E-state index < -0.39 is 5.97 Å². The molecule has 3 atom stereocenters. The SMILES string of the molecule is COC(=O)c1cc(C)nc(N2C[C@H]3C[C@@H](C2)[C@H](CO)n2c3cccc2=O)n1. The van der Waals surface area contributed by atoms with E-state index in [1.165, 1.54) is 13.2 Å². The Morgan fingerprint density at radius 2 is 2.15 bits per heavy atom. The van der Waals surface area contributed by atoms with E-state index in [2.05, 4.69) is 9.97 Å². The van der Waals surface area contributed by atoms with Crippen LogP contribution in [0.2, 0.25) is 0 Å². The van der Waals surface area contributed by atoms with Crippen LogP contribution in [0, 0.1) is 12.8 Å². The number of nitrogens with zero attached hydrogens (tertiary/aromatic N) is 4. The van der Waals surface area contributed by atoms with Gasteiger partial charge in [-0.25, -0.2) is 14.8 Å². The van der Waals surface area contributed by atoms with Gasteiger partial charge in [0.15, 0.2) is 5.69 Å². The van der Waals surface area contributed by atoms with Gasteiger partial charge in [0.2, 0.25) is 5.95 Å². The number of aromatic nitrogens is 3. The fourth-order valence-electron chi connectivity index (χ4n) is 4.34. The maximum Gasteiger partial charge on any atom is 0.356 e. The largest absolute Gasteiger partial charge is 0.464 e. The molecular weight excluding hydrogens is 348 g/mol. The molecule has 2 bridgehead atoms. The molecule has 0 radical (unpaired) electrons. The first-order chi connectivity index (χ1) is 13.0. The smallest absolute Gasteiger partial charge is 0.356 e. The number of methoxy groups -OCH3 is 1. The van der Waals surface area contributed by atoms with E-state index in [1.807, 2.05) is 17.9 Å². The lowest BCUT2D eigenvalue weighted by Crippen LogP contribution is -2.50. The van der Waals surface area contributed by atoms with Crippen LogP contribution < -0.4 is 10.5 Å². The third kappa shape index (κ3) is 2.99. The Balaban J connectivity index is 1.73. The highest BCUT2D eigenvalue weighted by Gasteiger charge is 2.41. The van der Waals surface area contributed by atoms with Crippen molar-refractivity contribution in [3.05, 3.63) is 51.7 Å². The molecule has 0 saturated carbocycles. The Hall–Kier alpha value is -2.74. The lowest BCUT2D eigenvalue weighted by atomic mass is 9.79. The fourth-order valence-corrected chi connectivity index (χ4v) is 4.34. The number of pyridine rings is 1. The van der Waals surface area contributed by atoms with Crippen molar-refractivity contribution in [2.75, 3.05) is 31.7 Å². The van der Waals surface area contributed by atoms with Gasteiger partial charge in [-0.1, -0.05) is 6.07 Å². The zero-order valence-corrected chi connectivity index (χ0v) is 15.3. The summed E-state index contributed by atoms with van der Waals surface area (Å²) in [4.78, 5) is 35.2. The number of esters is 1. The maximum absolute atomic E-state index is 12.4. The molecule has 0 aliphatic carbocycles. The van der Waals surface area contributed by atoms with Gasteiger partial charge in [-0.15, -0.1) is 0 Å². The number of aliphatic hydroxyl groups excluding tert-OH is 1. The predicted molar refractivity (Wildman–Crippen MR) is 98.0 cm³/mol. The quantitative estimate of drug-likeness (QED) is 0.801. The molecule has 4 rings (SSSR count). The Bertz CT molecular complexity index is 942. The molecule has 142 valence electrons. The minimum atomic E-state index is -0.496. The lowest BCUT2D eigenvalue weighted by Gasteiger charge is -2.46. The highest BCUT2D eigenvalue weighted by molar-refractivity contribution is 5.87. The van der Waals surface area contributed by atoms with Crippen LogP contribution in [0.1, 0.15) is 40.3 Å². The minimum Gasteiger partial charge on any atom is -0.464 e. The van der Waals surface area contributed by atoms with E-state index >= 15 is 0 Å². The van der Waals surface area contributed by atoms with Crippen LogP contribution in [-0.2, 0) is 4.74 Å². The second-order valence-electron chi connectivity index (χ2n) is 7.19. The van der Waals surface area contributed by atoms with Crippen molar-refractivity contribution in [3.8, 4) is 0 Å². The topological polar surface area (TPSA) is 97.5 Å². The van der Waals surface area contributed by atoms with E-state index in [4.69, 9.17) is 4.74 Å². The molecule has 8 heteroatoms. The first-order valence-electron chi connectivity index (χ1n) is 9.03. The molecule has 1 fully saturated rings. The van der Waals surface area contributed by atoms with Crippen LogP contribution in [0.5, 0.6) is 0 Å². The number of piperidine rings is 1. The maximum atomic E-state index is 12.4. The molecule has 0 amide bonds. The molecule has 2 aliphatic rings. The summed E-state index contributed by atoms with van der Waals surface area (Å²) in [5.74, 6) is 0.232. The number of carbonyl (C=O) groups is 1. The van der Waals surface area contributed by atoms with Crippen molar-refractivity contribution in [2.24, 2.45) is 5.92 Å². The van der Waals surface area contributed by atoms with Gasteiger partial charge in [0, 0.05) is 42.4 Å². The number of hydrogen-bond donors (Lipinski definition) is 1. The lowest BCUT2D eigenvalue weighted by molar-refractivity contribution is 0.0593. The number of aryl methyl sites for hydroxylation is 1. The molecule has 1 saturated heterocycles. The van der Waals surface area contributed by atoms with Gasteiger partial charge < -0.3 is 19.3 Å². The van der Waals surface area contributed by atoms with Crippen molar-refractivity contribution >= 4 is 11.9 Å². The first kappa shape index (κ1) is 17.7. The van der Waals surface area contributed by atoms with Gasteiger partial charge in [-0.2, -0.15) is 0 Å².